The van der Waals surface area contributed by atoms with Crippen molar-refractivity contribution in [2.75, 3.05) is 0 Å². The number of hydrogen-bond donors (Lipinski definition) is 1. The molecule has 0 aliphatic carbocycles. The van der Waals surface area contributed by atoms with Crippen molar-refractivity contribution in [2.24, 2.45) is 0 Å². The molecule has 0 aliphatic heterocycles. The van der Waals surface area contributed by atoms with Crippen LogP contribution in [0.15, 0.2) is 106 Å². The number of H-pyrrole nitrogens is 1. The Balaban J connectivity index is 1.65. The number of benzene rings is 3. The average molecular weight is 471 g/mol. The third kappa shape index (κ3) is 4.44. The lowest BCUT2D eigenvalue weighted by atomic mass is 10.1. The third-order valence-electron chi connectivity index (χ3n) is 5.22. The van der Waals surface area contributed by atoms with Gasteiger partial charge in [-0.3, -0.25) is 9.67 Å². The molecule has 9 nitrogen and oxygen atoms in total. The lowest BCUT2D eigenvalue weighted by Crippen LogP contribution is -2.48. The molecule has 35 heavy (non-hydrogen) atoms. The summed E-state index contributed by atoms with van der Waals surface area (Å²) in [6.45, 7) is 0.102. The minimum atomic E-state index is -0.889. The van der Waals surface area contributed by atoms with Gasteiger partial charge in [0.05, 0.1) is 30.3 Å². The van der Waals surface area contributed by atoms with Gasteiger partial charge in [0, 0.05) is 5.56 Å². The van der Waals surface area contributed by atoms with Crippen LogP contribution < -0.4 is 21.8 Å². The average Bonchev–Trinajstić information content (AvgIpc) is 3.26. The molecule has 0 atom stereocenters. The maximum atomic E-state index is 13.5. The van der Waals surface area contributed by atoms with Crippen LogP contribution in [0.1, 0.15) is 5.56 Å². The lowest BCUT2D eigenvalue weighted by molar-refractivity contribution is 0.471. The molecule has 0 unspecified atom stereocenters. The molecule has 0 saturated carbocycles. The Kier molecular flexibility index (Phi) is 5.68. The van der Waals surface area contributed by atoms with Gasteiger partial charge < -0.3 is 4.74 Å². The quantitative estimate of drug-likeness (QED) is 0.410. The Morgan fingerprint density at radius 1 is 0.829 bits per heavy atom. The van der Waals surface area contributed by atoms with Crippen LogP contribution in [0.3, 0.4) is 0 Å². The van der Waals surface area contributed by atoms with E-state index in [1.807, 2.05) is 18.2 Å². The van der Waals surface area contributed by atoms with Crippen LogP contribution in [0.25, 0.3) is 11.4 Å². The van der Waals surface area contributed by atoms with Gasteiger partial charge in [-0.05, 0) is 42.5 Å². The van der Waals surface area contributed by atoms with Gasteiger partial charge in [0.2, 0.25) is 0 Å². The van der Waals surface area contributed by atoms with E-state index in [4.69, 9.17) is 4.74 Å². The smallest absolute Gasteiger partial charge is 0.345 e. The highest BCUT2D eigenvalue weighted by Gasteiger charge is 2.16. The molecule has 3 aromatic carbocycles. The van der Waals surface area contributed by atoms with E-state index in [2.05, 4.69) is 10.1 Å². The number of para-hydroxylation sites is 2. The first-order valence-corrected chi connectivity index (χ1v) is 10.6. The number of hydrogen-bond acceptors (Lipinski definition) is 5. The minimum absolute atomic E-state index is 0.102. The Bertz CT molecular complexity index is 1670. The summed E-state index contributed by atoms with van der Waals surface area (Å²) in [5.74, 6) is 0.492. The van der Waals surface area contributed by atoms with Crippen molar-refractivity contribution in [3.63, 3.8) is 0 Å². The fraction of sp³-hybridized carbons (Fsp3) is 0.0400. The molecule has 10 heteroatoms. The first-order valence-electron chi connectivity index (χ1n) is 10.6. The van der Waals surface area contributed by atoms with Crippen molar-refractivity contribution < 1.29 is 9.13 Å². The van der Waals surface area contributed by atoms with Crippen molar-refractivity contribution in [3.05, 3.63) is 134 Å². The Morgan fingerprint density at radius 2 is 1.49 bits per heavy atom. The summed E-state index contributed by atoms with van der Waals surface area (Å²) in [7, 11) is 0. The van der Waals surface area contributed by atoms with Gasteiger partial charge in [0.25, 0.3) is 0 Å². The molecule has 1 N–H and O–H groups in total. The van der Waals surface area contributed by atoms with Gasteiger partial charge in [-0.1, -0.05) is 36.4 Å². The van der Waals surface area contributed by atoms with E-state index in [-0.39, 0.29) is 12.2 Å². The van der Waals surface area contributed by atoms with Gasteiger partial charge >= 0.3 is 17.1 Å². The van der Waals surface area contributed by atoms with Crippen molar-refractivity contribution >= 4 is 0 Å². The molecule has 2 heterocycles. The highest BCUT2D eigenvalue weighted by Crippen LogP contribution is 2.27. The zero-order chi connectivity index (χ0) is 24.4. The molecule has 0 saturated heterocycles. The largest absolute Gasteiger partial charge is 0.457 e. The van der Waals surface area contributed by atoms with Crippen molar-refractivity contribution in [1.82, 2.24) is 23.9 Å². The number of nitrogens with zero attached hydrogens (tertiary/aromatic N) is 4. The van der Waals surface area contributed by atoms with Gasteiger partial charge in [-0.25, -0.2) is 27.9 Å². The van der Waals surface area contributed by atoms with Crippen molar-refractivity contribution in [2.45, 2.75) is 6.54 Å². The van der Waals surface area contributed by atoms with E-state index in [9.17, 15) is 18.8 Å². The first-order chi connectivity index (χ1) is 17.0. The molecular weight excluding hydrogens is 453 g/mol. The number of rotatable bonds is 6. The van der Waals surface area contributed by atoms with Crippen LogP contribution >= 0.6 is 0 Å². The summed E-state index contributed by atoms with van der Waals surface area (Å²) in [5.41, 5.74) is -1.54. The molecule has 0 spiro atoms. The second kappa shape index (κ2) is 9.10. The molecule has 0 bridgehead atoms. The Labute approximate surface area is 196 Å². The van der Waals surface area contributed by atoms with Gasteiger partial charge in [0.15, 0.2) is 5.82 Å². The molecular formula is C25H18FN5O4. The summed E-state index contributed by atoms with van der Waals surface area (Å²) >= 11 is 0. The second-order valence-corrected chi connectivity index (χ2v) is 7.59. The molecule has 0 amide bonds. The molecule has 5 rings (SSSR count). The number of aromatic amines is 1. The zero-order valence-corrected chi connectivity index (χ0v) is 18.2. The fourth-order valence-corrected chi connectivity index (χ4v) is 3.65. The van der Waals surface area contributed by atoms with E-state index in [1.165, 1.54) is 16.9 Å². The van der Waals surface area contributed by atoms with Gasteiger partial charge in [-0.15, -0.1) is 0 Å². The maximum Gasteiger partial charge on any atom is 0.345 e. The standard InChI is InChI=1S/C25H18FN5O4/c26-18-14-27-29(16-18)15-17-13-20(11-12-22(17)35-21-9-5-2-6-10-21)31-24(33)28-23(32)30(25(31)34)19-7-3-1-4-8-19/h1-14,16H,15H2,(H,28,32,33). The number of ether oxygens (including phenoxy) is 1. The number of nitrogens with one attached hydrogen (secondary N) is 1. The molecule has 174 valence electrons. The van der Waals surface area contributed by atoms with E-state index >= 15 is 0 Å². The topological polar surface area (TPSA) is 104 Å². The predicted molar refractivity (Wildman–Crippen MR) is 126 cm³/mol. The van der Waals surface area contributed by atoms with E-state index in [0.717, 1.165) is 15.3 Å². The third-order valence-corrected chi connectivity index (χ3v) is 5.22. The van der Waals surface area contributed by atoms with Gasteiger partial charge in [-0.2, -0.15) is 5.10 Å². The van der Waals surface area contributed by atoms with Crippen LogP contribution in [-0.2, 0) is 6.54 Å². The van der Waals surface area contributed by atoms with Crippen LogP contribution in [0.4, 0.5) is 4.39 Å². The van der Waals surface area contributed by atoms with Gasteiger partial charge in [0.1, 0.15) is 11.5 Å². The Morgan fingerprint density at radius 3 is 2.14 bits per heavy atom. The molecule has 2 aromatic heterocycles. The van der Waals surface area contributed by atoms with Crippen LogP contribution in [0, 0.1) is 5.82 Å². The number of aromatic nitrogens is 5. The lowest BCUT2D eigenvalue weighted by Gasteiger charge is -2.14. The molecule has 5 aromatic rings. The number of halogens is 1. The second-order valence-electron chi connectivity index (χ2n) is 7.59. The highest BCUT2D eigenvalue weighted by molar-refractivity contribution is 5.46. The molecule has 0 radical (unpaired) electrons. The normalized spacial score (nSPS) is 10.9. The maximum absolute atomic E-state index is 13.5. The summed E-state index contributed by atoms with van der Waals surface area (Å²) in [6.07, 6.45) is 2.29. The van der Waals surface area contributed by atoms with E-state index < -0.39 is 22.9 Å². The zero-order valence-electron chi connectivity index (χ0n) is 18.2. The first kappa shape index (κ1) is 21.8. The SMILES string of the molecule is O=c1[nH]c(=O)n(-c2ccc(Oc3ccccc3)c(Cn3cc(F)cn3)c2)c(=O)n1-c1ccccc1. The van der Waals surface area contributed by atoms with Crippen LogP contribution in [0.2, 0.25) is 0 Å². The minimum Gasteiger partial charge on any atom is -0.457 e. The van der Waals surface area contributed by atoms with E-state index in [1.54, 1.807) is 54.6 Å². The predicted octanol–water partition coefficient (Wildman–Crippen LogP) is 2.85. The fourth-order valence-electron chi connectivity index (χ4n) is 3.65. The van der Waals surface area contributed by atoms with E-state index in [0.29, 0.717) is 22.7 Å². The molecule has 0 fully saturated rings. The Hall–Kier alpha value is -4.99. The molecule has 0 aliphatic rings. The highest BCUT2D eigenvalue weighted by atomic mass is 19.1. The van der Waals surface area contributed by atoms with Crippen molar-refractivity contribution in [3.8, 4) is 22.9 Å². The van der Waals surface area contributed by atoms with Crippen LogP contribution in [-0.4, -0.2) is 23.9 Å². The summed E-state index contributed by atoms with van der Waals surface area (Å²) in [6, 6.07) is 22.0. The summed E-state index contributed by atoms with van der Waals surface area (Å²) in [4.78, 5) is 40.6. The summed E-state index contributed by atoms with van der Waals surface area (Å²) < 4.78 is 22.6. The van der Waals surface area contributed by atoms with Crippen LogP contribution in [0.5, 0.6) is 11.5 Å². The summed E-state index contributed by atoms with van der Waals surface area (Å²) in [5, 5.41) is 3.97. The van der Waals surface area contributed by atoms with Crippen molar-refractivity contribution in [1.29, 1.82) is 0 Å². The monoisotopic (exact) mass is 471 g/mol.